The van der Waals surface area contributed by atoms with Gasteiger partial charge in [0.15, 0.2) is 0 Å². The molecule has 2 N–H and O–H groups in total. The molecule has 0 bridgehead atoms. The Labute approximate surface area is 37.3 Å². The molecule has 1 aliphatic rings. The second-order valence-electron chi connectivity index (χ2n) is 1.29. The molecule has 0 aromatic carbocycles. The number of rotatable bonds is 0. The van der Waals surface area contributed by atoms with E-state index in [1.807, 2.05) is 18.6 Å². The molecule has 1 saturated heterocycles. The average molecular weight is 86.1 g/mol. The number of hydrazine groups is 2. The molecule has 0 amide bonds. The maximum atomic E-state index is 2.89. The van der Waals surface area contributed by atoms with Crippen molar-refractivity contribution in [2.75, 3.05) is 13.6 Å². The van der Waals surface area contributed by atoms with Gasteiger partial charge in [0.1, 0.15) is 0 Å². The lowest BCUT2D eigenvalue weighted by molar-refractivity contribution is 0.321. The first-order valence-electron chi connectivity index (χ1n) is 1.94. The van der Waals surface area contributed by atoms with Crippen LogP contribution in [-0.2, 0) is 0 Å². The first kappa shape index (κ1) is 4.05. The van der Waals surface area contributed by atoms with Gasteiger partial charge in [0, 0.05) is 13.6 Å². The summed E-state index contributed by atoms with van der Waals surface area (Å²) in [6, 6.07) is 0. The molecule has 1 aliphatic heterocycles. The van der Waals surface area contributed by atoms with Crippen molar-refractivity contribution < 1.29 is 0 Å². The third-order valence-corrected chi connectivity index (χ3v) is 0.723. The van der Waals surface area contributed by atoms with Crippen LogP contribution in [0.25, 0.3) is 0 Å². The van der Waals surface area contributed by atoms with Crippen molar-refractivity contribution in [2.45, 2.75) is 0 Å². The molecule has 1 rings (SSSR count). The average Bonchev–Trinajstić information content (AvgIpc) is 1.86. The van der Waals surface area contributed by atoms with Gasteiger partial charge in [-0.3, -0.25) is 0 Å². The lowest BCUT2D eigenvalue weighted by Gasteiger charge is -2.01. The van der Waals surface area contributed by atoms with E-state index in [1.165, 1.54) is 0 Å². The Balaban J connectivity index is 2.18. The van der Waals surface area contributed by atoms with Crippen LogP contribution in [0.4, 0.5) is 0 Å². The Hall–Kier alpha value is -0.120. The molecule has 1 fully saturated rings. The molecule has 1 radical (unpaired) electrons. The van der Waals surface area contributed by atoms with Gasteiger partial charge in [-0.2, -0.15) is 5.53 Å². The van der Waals surface area contributed by atoms with E-state index in [0.717, 1.165) is 6.54 Å². The van der Waals surface area contributed by atoms with Gasteiger partial charge in [-0.25, -0.2) is 10.4 Å². The summed E-state index contributed by atoms with van der Waals surface area (Å²) in [5, 5.41) is 1.88. The third-order valence-electron chi connectivity index (χ3n) is 0.723. The Morgan fingerprint density at radius 3 is 2.83 bits per heavy atom. The summed E-state index contributed by atoms with van der Waals surface area (Å²) in [5.74, 6) is 0. The molecule has 0 aromatic heterocycles. The van der Waals surface area contributed by atoms with Gasteiger partial charge in [-0.15, -0.1) is 0 Å². The quantitative estimate of drug-likeness (QED) is 0.400. The van der Waals surface area contributed by atoms with E-state index in [9.17, 15) is 0 Å². The highest BCUT2D eigenvalue weighted by atomic mass is 15.7. The Kier molecular flexibility index (Phi) is 1.05. The fourth-order valence-electron chi connectivity index (χ4n) is 0.399. The summed E-state index contributed by atoms with van der Waals surface area (Å²) < 4.78 is 0. The first-order valence-corrected chi connectivity index (χ1v) is 1.94. The van der Waals surface area contributed by atoms with E-state index >= 15 is 0 Å². The van der Waals surface area contributed by atoms with Gasteiger partial charge in [-0.05, 0) is 0 Å². The minimum absolute atomic E-state index is 0.927. The Morgan fingerprint density at radius 2 is 2.67 bits per heavy atom. The van der Waals surface area contributed by atoms with Crippen LogP contribution >= 0.6 is 0 Å². The first-order chi connectivity index (χ1) is 2.89. The van der Waals surface area contributed by atoms with Crippen LogP contribution in [0, 0.1) is 6.54 Å². The largest absolute Gasteiger partial charge is 0.242 e. The lowest BCUT2D eigenvalue weighted by Crippen LogP contribution is -2.31. The second kappa shape index (κ2) is 1.55. The zero-order valence-electron chi connectivity index (χ0n) is 3.73. The van der Waals surface area contributed by atoms with Crippen molar-refractivity contribution in [3.05, 3.63) is 6.54 Å². The minimum atomic E-state index is 0.927. The lowest BCUT2D eigenvalue weighted by atomic mass is 10.7. The van der Waals surface area contributed by atoms with E-state index in [2.05, 4.69) is 11.0 Å². The maximum absolute atomic E-state index is 2.89. The predicted octanol–water partition coefficient (Wildman–Crippen LogP) is -0.897. The van der Waals surface area contributed by atoms with Gasteiger partial charge < -0.3 is 0 Å². The van der Waals surface area contributed by atoms with Crippen molar-refractivity contribution in [1.29, 1.82) is 0 Å². The molecule has 0 unspecified atom stereocenters. The molecular formula is C3H8N3. The standard InChI is InChI=1S/C3H8N3/c1-6-3-2-4-5-6/h3-5H,2H2,1H3. The van der Waals surface area contributed by atoms with Crippen molar-refractivity contribution in [2.24, 2.45) is 0 Å². The molecule has 0 spiro atoms. The van der Waals surface area contributed by atoms with Gasteiger partial charge in [0.05, 0.1) is 6.54 Å². The maximum Gasteiger partial charge on any atom is 0.0575 e. The van der Waals surface area contributed by atoms with E-state index < -0.39 is 0 Å². The highest BCUT2D eigenvalue weighted by Gasteiger charge is 2.01. The third kappa shape index (κ3) is 0.680. The van der Waals surface area contributed by atoms with Crippen molar-refractivity contribution in [1.82, 2.24) is 16.0 Å². The summed E-state index contributed by atoms with van der Waals surface area (Å²) in [6.07, 6.45) is 0. The monoisotopic (exact) mass is 86.1 g/mol. The van der Waals surface area contributed by atoms with Gasteiger partial charge in [-0.1, -0.05) is 0 Å². The molecule has 1 heterocycles. The van der Waals surface area contributed by atoms with E-state index in [0.29, 0.717) is 0 Å². The Bertz CT molecular complexity index is 39.3. The molecule has 0 aromatic rings. The van der Waals surface area contributed by atoms with Crippen LogP contribution in [-0.4, -0.2) is 18.6 Å². The minimum Gasteiger partial charge on any atom is -0.242 e. The summed E-state index contributed by atoms with van der Waals surface area (Å²) >= 11 is 0. The van der Waals surface area contributed by atoms with Crippen LogP contribution in [0.3, 0.4) is 0 Å². The normalized spacial score (nSPS) is 25.5. The van der Waals surface area contributed by atoms with Crippen molar-refractivity contribution in [3.63, 3.8) is 0 Å². The number of nitrogens with one attached hydrogen (secondary N) is 2. The summed E-state index contributed by atoms with van der Waals surface area (Å²) in [5.41, 5.74) is 5.74. The molecule has 35 valence electrons. The Morgan fingerprint density at radius 1 is 1.83 bits per heavy atom. The summed E-state index contributed by atoms with van der Waals surface area (Å²) in [4.78, 5) is 0. The molecular weight excluding hydrogens is 78.1 g/mol. The number of likely N-dealkylation sites (N-methyl/N-ethyl adjacent to an activating group) is 1. The van der Waals surface area contributed by atoms with Crippen LogP contribution in [0.15, 0.2) is 0 Å². The highest BCUT2D eigenvalue weighted by molar-refractivity contribution is 4.66. The predicted molar refractivity (Wildman–Crippen MR) is 23.2 cm³/mol. The van der Waals surface area contributed by atoms with E-state index in [-0.39, 0.29) is 0 Å². The molecule has 0 aliphatic carbocycles. The molecule has 3 heteroatoms. The zero-order valence-corrected chi connectivity index (χ0v) is 3.73. The second-order valence-corrected chi connectivity index (χ2v) is 1.29. The van der Waals surface area contributed by atoms with Crippen molar-refractivity contribution >= 4 is 0 Å². The fourth-order valence-corrected chi connectivity index (χ4v) is 0.399. The van der Waals surface area contributed by atoms with Crippen LogP contribution < -0.4 is 11.0 Å². The number of hydrogen-bond donors (Lipinski definition) is 2. The topological polar surface area (TPSA) is 27.3 Å². The molecule has 6 heavy (non-hydrogen) atoms. The highest BCUT2D eigenvalue weighted by Crippen LogP contribution is 1.82. The summed E-state index contributed by atoms with van der Waals surface area (Å²) in [6.45, 7) is 2.94. The number of nitrogens with zero attached hydrogens (tertiary/aromatic N) is 1. The molecule has 0 atom stereocenters. The van der Waals surface area contributed by atoms with Crippen LogP contribution in [0.1, 0.15) is 0 Å². The SMILES string of the molecule is CN1[CH]CNN1. The van der Waals surface area contributed by atoms with Gasteiger partial charge in [0.25, 0.3) is 0 Å². The molecule has 0 saturated carbocycles. The summed E-state index contributed by atoms with van der Waals surface area (Å²) in [7, 11) is 1.94. The van der Waals surface area contributed by atoms with Crippen molar-refractivity contribution in [3.8, 4) is 0 Å². The van der Waals surface area contributed by atoms with E-state index in [1.54, 1.807) is 0 Å². The smallest absolute Gasteiger partial charge is 0.0575 e. The van der Waals surface area contributed by atoms with Gasteiger partial charge >= 0.3 is 0 Å². The van der Waals surface area contributed by atoms with Gasteiger partial charge in [0.2, 0.25) is 0 Å². The van der Waals surface area contributed by atoms with Crippen LogP contribution in [0.2, 0.25) is 0 Å². The molecule has 3 nitrogen and oxygen atoms in total. The van der Waals surface area contributed by atoms with E-state index in [4.69, 9.17) is 0 Å². The fraction of sp³-hybridized carbons (Fsp3) is 0.667. The zero-order chi connectivity index (χ0) is 4.41. The van der Waals surface area contributed by atoms with Crippen LogP contribution in [0.5, 0.6) is 0 Å². The number of hydrogen-bond acceptors (Lipinski definition) is 3.